The molecular formula is C17H30N2O4. The quantitative estimate of drug-likeness (QED) is 0.705. The molecule has 0 spiro atoms. The zero-order valence-corrected chi connectivity index (χ0v) is 14.4. The number of carbonyl (C=O) groups excluding carboxylic acids is 1. The summed E-state index contributed by atoms with van der Waals surface area (Å²) in [5.41, 5.74) is -0.655. The van der Waals surface area contributed by atoms with Crippen LogP contribution < -0.4 is 5.32 Å². The van der Waals surface area contributed by atoms with Gasteiger partial charge in [0.05, 0.1) is 5.41 Å². The summed E-state index contributed by atoms with van der Waals surface area (Å²) in [4.78, 5) is 25.3. The molecule has 1 aliphatic carbocycles. The van der Waals surface area contributed by atoms with Crippen molar-refractivity contribution in [1.82, 2.24) is 10.2 Å². The van der Waals surface area contributed by atoms with E-state index in [-0.39, 0.29) is 11.4 Å². The number of rotatable bonds is 7. The number of carbonyl (C=O) groups is 2. The highest BCUT2D eigenvalue weighted by Crippen LogP contribution is 2.40. The second kappa shape index (κ2) is 7.51. The highest BCUT2D eigenvalue weighted by atomic mass is 16.5. The lowest BCUT2D eigenvalue weighted by molar-refractivity contribution is -0.147. The van der Waals surface area contributed by atoms with E-state index in [2.05, 4.69) is 5.32 Å². The van der Waals surface area contributed by atoms with E-state index < -0.39 is 11.4 Å². The monoisotopic (exact) mass is 326 g/mol. The van der Waals surface area contributed by atoms with Crippen molar-refractivity contribution < 1.29 is 19.4 Å². The lowest BCUT2D eigenvalue weighted by Crippen LogP contribution is -2.45. The largest absolute Gasteiger partial charge is 0.481 e. The van der Waals surface area contributed by atoms with E-state index >= 15 is 0 Å². The van der Waals surface area contributed by atoms with Gasteiger partial charge in [-0.15, -0.1) is 0 Å². The maximum Gasteiger partial charge on any atom is 0.317 e. The topological polar surface area (TPSA) is 78.9 Å². The molecule has 1 unspecified atom stereocenters. The summed E-state index contributed by atoms with van der Waals surface area (Å²) >= 11 is 0. The molecule has 2 aliphatic rings. The SMILES string of the molecule is CCOCCC1(CNC(=O)N2CCC(C)(C(=O)O)C2)CCCC1. The van der Waals surface area contributed by atoms with Crippen LogP contribution in [0.25, 0.3) is 0 Å². The van der Waals surface area contributed by atoms with Crippen LogP contribution in [-0.2, 0) is 9.53 Å². The fraction of sp³-hybridized carbons (Fsp3) is 0.882. The van der Waals surface area contributed by atoms with E-state index in [1.807, 2.05) is 6.92 Å². The standard InChI is InChI=1S/C17H30N2O4/c1-3-23-11-9-17(6-4-5-7-17)12-18-15(22)19-10-8-16(2,13-19)14(20)21/h3-13H2,1-2H3,(H,18,22)(H,20,21). The van der Waals surface area contributed by atoms with Gasteiger partial charge in [-0.25, -0.2) is 4.79 Å². The van der Waals surface area contributed by atoms with Crippen molar-refractivity contribution in [3.8, 4) is 0 Å². The highest BCUT2D eigenvalue weighted by molar-refractivity contribution is 5.79. The van der Waals surface area contributed by atoms with Crippen LogP contribution in [0.1, 0.15) is 52.4 Å². The third kappa shape index (κ3) is 4.37. The molecule has 0 bridgehead atoms. The number of nitrogens with one attached hydrogen (secondary N) is 1. The van der Waals surface area contributed by atoms with Gasteiger partial charge in [-0.2, -0.15) is 0 Å². The van der Waals surface area contributed by atoms with Crippen molar-refractivity contribution in [2.75, 3.05) is 32.8 Å². The number of carboxylic acids is 1. The predicted molar refractivity (Wildman–Crippen MR) is 87.3 cm³/mol. The summed E-state index contributed by atoms with van der Waals surface area (Å²) in [5, 5.41) is 12.3. The molecule has 6 heteroatoms. The molecule has 1 aliphatic heterocycles. The molecule has 2 N–H and O–H groups in total. The smallest absolute Gasteiger partial charge is 0.317 e. The number of hydrogen-bond donors (Lipinski definition) is 2. The molecule has 23 heavy (non-hydrogen) atoms. The van der Waals surface area contributed by atoms with Crippen molar-refractivity contribution in [2.24, 2.45) is 10.8 Å². The van der Waals surface area contributed by atoms with Crippen LogP contribution in [0.4, 0.5) is 4.79 Å². The number of nitrogens with zero attached hydrogens (tertiary/aromatic N) is 1. The molecule has 132 valence electrons. The summed E-state index contributed by atoms with van der Waals surface area (Å²) < 4.78 is 5.49. The Bertz CT molecular complexity index is 434. The van der Waals surface area contributed by atoms with Gasteiger partial charge in [0, 0.05) is 32.8 Å². The lowest BCUT2D eigenvalue weighted by atomic mass is 9.83. The summed E-state index contributed by atoms with van der Waals surface area (Å²) in [5.74, 6) is -0.822. The van der Waals surface area contributed by atoms with Crippen LogP contribution in [0.2, 0.25) is 0 Å². The zero-order valence-electron chi connectivity index (χ0n) is 14.4. The van der Waals surface area contributed by atoms with Crippen LogP contribution in [-0.4, -0.2) is 54.9 Å². The van der Waals surface area contributed by atoms with Crippen LogP contribution >= 0.6 is 0 Å². The Morgan fingerprint density at radius 2 is 1.96 bits per heavy atom. The minimum absolute atomic E-state index is 0.127. The van der Waals surface area contributed by atoms with Gasteiger partial charge in [0.25, 0.3) is 0 Å². The zero-order chi connectivity index (χ0) is 16.9. The van der Waals surface area contributed by atoms with Crippen molar-refractivity contribution >= 4 is 12.0 Å². The molecule has 0 aromatic rings. The van der Waals surface area contributed by atoms with Crippen LogP contribution in [0.5, 0.6) is 0 Å². The molecule has 6 nitrogen and oxygen atoms in total. The lowest BCUT2D eigenvalue weighted by Gasteiger charge is -2.30. The molecule has 2 fully saturated rings. The second-order valence-corrected chi connectivity index (χ2v) is 7.35. The third-order valence-electron chi connectivity index (χ3n) is 5.54. The van der Waals surface area contributed by atoms with Crippen molar-refractivity contribution in [3.05, 3.63) is 0 Å². The Morgan fingerprint density at radius 1 is 1.26 bits per heavy atom. The number of hydrogen-bond acceptors (Lipinski definition) is 3. The van der Waals surface area contributed by atoms with Crippen molar-refractivity contribution in [1.29, 1.82) is 0 Å². The Morgan fingerprint density at radius 3 is 2.52 bits per heavy atom. The van der Waals surface area contributed by atoms with E-state index in [1.54, 1.807) is 11.8 Å². The van der Waals surface area contributed by atoms with E-state index in [9.17, 15) is 14.7 Å². The van der Waals surface area contributed by atoms with Crippen molar-refractivity contribution in [3.63, 3.8) is 0 Å². The van der Waals surface area contributed by atoms with Crippen molar-refractivity contribution in [2.45, 2.75) is 52.4 Å². The number of urea groups is 1. The van der Waals surface area contributed by atoms with E-state index in [4.69, 9.17) is 4.74 Å². The molecule has 1 atom stereocenters. The summed E-state index contributed by atoms with van der Waals surface area (Å²) in [7, 11) is 0. The molecule has 1 saturated carbocycles. The fourth-order valence-corrected chi connectivity index (χ4v) is 3.76. The molecule has 2 amide bonds. The molecule has 0 aromatic carbocycles. The van der Waals surface area contributed by atoms with Gasteiger partial charge < -0.3 is 20.1 Å². The average Bonchev–Trinajstić information content (AvgIpc) is 3.14. The minimum Gasteiger partial charge on any atom is -0.481 e. The Balaban J connectivity index is 1.84. The second-order valence-electron chi connectivity index (χ2n) is 7.35. The van der Waals surface area contributed by atoms with Gasteiger partial charge in [0.1, 0.15) is 0 Å². The summed E-state index contributed by atoms with van der Waals surface area (Å²) in [6.07, 6.45) is 6.19. The normalized spacial score (nSPS) is 26.4. The number of aliphatic carboxylic acids is 1. The third-order valence-corrected chi connectivity index (χ3v) is 5.54. The number of likely N-dealkylation sites (tertiary alicyclic amines) is 1. The first-order chi connectivity index (χ1) is 10.9. The van der Waals surface area contributed by atoms with E-state index in [0.29, 0.717) is 26.1 Å². The molecule has 1 heterocycles. The molecule has 1 saturated heterocycles. The molecular weight excluding hydrogens is 296 g/mol. The summed E-state index contributed by atoms with van der Waals surface area (Å²) in [6, 6.07) is -0.127. The molecule has 0 aromatic heterocycles. The Labute approximate surface area is 138 Å². The molecule has 0 radical (unpaired) electrons. The first-order valence-corrected chi connectivity index (χ1v) is 8.75. The number of ether oxygens (including phenoxy) is 1. The summed E-state index contributed by atoms with van der Waals surface area (Å²) in [6.45, 7) is 6.65. The van der Waals surface area contributed by atoms with Gasteiger partial charge in [0.15, 0.2) is 0 Å². The fourth-order valence-electron chi connectivity index (χ4n) is 3.76. The predicted octanol–water partition coefficient (Wildman–Crippen LogP) is 2.48. The van der Waals surface area contributed by atoms with Gasteiger partial charge in [-0.05, 0) is 44.9 Å². The first-order valence-electron chi connectivity index (χ1n) is 8.75. The maximum atomic E-state index is 12.4. The first kappa shape index (κ1) is 18.0. The maximum absolute atomic E-state index is 12.4. The number of amides is 2. The van der Waals surface area contributed by atoms with Crippen LogP contribution in [0.3, 0.4) is 0 Å². The van der Waals surface area contributed by atoms with Gasteiger partial charge in [-0.1, -0.05) is 12.8 Å². The van der Waals surface area contributed by atoms with Gasteiger partial charge >= 0.3 is 12.0 Å². The van der Waals surface area contributed by atoms with Crippen LogP contribution in [0, 0.1) is 10.8 Å². The average molecular weight is 326 g/mol. The van der Waals surface area contributed by atoms with Gasteiger partial charge in [0.2, 0.25) is 0 Å². The Kier molecular flexibility index (Phi) is 5.89. The van der Waals surface area contributed by atoms with Crippen LogP contribution in [0.15, 0.2) is 0 Å². The minimum atomic E-state index is -0.822. The highest BCUT2D eigenvalue weighted by Gasteiger charge is 2.42. The van der Waals surface area contributed by atoms with E-state index in [0.717, 1.165) is 32.5 Å². The number of carboxylic acid groups (broad SMARTS) is 1. The molecule has 2 rings (SSSR count). The van der Waals surface area contributed by atoms with Gasteiger partial charge in [-0.3, -0.25) is 4.79 Å². The van der Waals surface area contributed by atoms with E-state index in [1.165, 1.54) is 12.8 Å². The Hall–Kier alpha value is -1.30.